The van der Waals surface area contributed by atoms with Crippen molar-refractivity contribution in [1.82, 2.24) is 10.3 Å². The summed E-state index contributed by atoms with van der Waals surface area (Å²) in [5.74, 6) is 0.514. The number of nitrogens with two attached hydrogens (primary N) is 1. The number of rotatable bonds is 5. The van der Waals surface area contributed by atoms with E-state index in [1.54, 1.807) is 30.8 Å². The summed E-state index contributed by atoms with van der Waals surface area (Å²) in [7, 11) is 1.56. The molecule has 0 unspecified atom stereocenters. The van der Waals surface area contributed by atoms with Crippen molar-refractivity contribution in [3.8, 4) is 5.88 Å². The van der Waals surface area contributed by atoms with Crippen molar-refractivity contribution in [2.75, 3.05) is 12.8 Å². The molecule has 122 valence electrons. The zero-order chi connectivity index (χ0) is 16.4. The van der Waals surface area contributed by atoms with Crippen LogP contribution in [0.15, 0.2) is 29.8 Å². The van der Waals surface area contributed by atoms with Crippen molar-refractivity contribution < 1.29 is 14.6 Å². The van der Waals surface area contributed by atoms with Gasteiger partial charge < -0.3 is 20.9 Å². The van der Waals surface area contributed by atoms with Crippen molar-refractivity contribution >= 4 is 22.9 Å². The zero-order valence-corrected chi connectivity index (χ0v) is 13.5. The molecule has 0 spiro atoms. The van der Waals surface area contributed by atoms with E-state index in [1.807, 2.05) is 6.07 Å². The van der Waals surface area contributed by atoms with Crippen LogP contribution in [-0.2, 0) is 0 Å². The summed E-state index contributed by atoms with van der Waals surface area (Å²) in [6.07, 6.45) is 2.73. The fourth-order valence-electron chi connectivity index (χ4n) is 2.78. The molecular formula is C16H19N3O3S. The van der Waals surface area contributed by atoms with Crippen LogP contribution in [0.2, 0.25) is 0 Å². The lowest BCUT2D eigenvalue weighted by Gasteiger charge is -2.38. The summed E-state index contributed by atoms with van der Waals surface area (Å²) >= 11 is 1.32. The highest BCUT2D eigenvalue weighted by molar-refractivity contribution is 7.12. The first-order valence-corrected chi connectivity index (χ1v) is 8.28. The molecule has 1 saturated carbocycles. The molecule has 2 aromatic rings. The number of nitrogen functional groups attached to an aromatic ring is 1. The molecule has 1 fully saturated rings. The second kappa shape index (κ2) is 6.55. The topological polar surface area (TPSA) is 97.5 Å². The quantitative estimate of drug-likeness (QED) is 0.777. The van der Waals surface area contributed by atoms with Gasteiger partial charge in [-0.1, -0.05) is 6.07 Å². The number of methoxy groups -OCH3 is 1. The van der Waals surface area contributed by atoms with Crippen molar-refractivity contribution in [2.45, 2.75) is 25.0 Å². The molecule has 0 aliphatic heterocycles. The first-order valence-electron chi connectivity index (χ1n) is 7.40. The molecule has 0 aromatic carbocycles. The molecule has 7 heteroatoms. The maximum atomic E-state index is 12.5. The highest BCUT2D eigenvalue weighted by atomic mass is 32.1. The van der Waals surface area contributed by atoms with E-state index in [4.69, 9.17) is 10.5 Å². The third kappa shape index (κ3) is 3.30. The molecule has 1 aliphatic carbocycles. The molecule has 0 bridgehead atoms. The van der Waals surface area contributed by atoms with Gasteiger partial charge in [0.1, 0.15) is 4.88 Å². The number of nitrogens with zero attached hydrogens (tertiary/aromatic N) is 1. The monoisotopic (exact) mass is 333 g/mol. The number of carbonyl (C=O) groups excluding carboxylic acids is 1. The largest absolute Gasteiger partial charge is 0.481 e. The van der Waals surface area contributed by atoms with Crippen molar-refractivity contribution in [1.29, 1.82) is 0 Å². The summed E-state index contributed by atoms with van der Waals surface area (Å²) < 4.78 is 5.07. The van der Waals surface area contributed by atoms with Gasteiger partial charge in [0, 0.05) is 12.3 Å². The summed E-state index contributed by atoms with van der Waals surface area (Å²) in [5.41, 5.74) is 7.19. The van der Waals surface area contributed by atoms with Crippen LogP contribution in [0.1, 0.15) is 34.1 Å². The zero-order valence-electron chi connectivity index (χ0n) is 12.7. The van der Waals surface area contributed by atoms with E-state index >= 15 is 0 Å². The Bertz CT molecular complexity index is 680. The van der Waals surface area contributed by atoms with Gasteiger partial charge in [0.15, 0.2) is 0 Å². The highest BCUT2D eigenvalue weighted by Crippen LogP contribution is 2.38. The van der Waals surface area contributed by atoms with Gasteiger partial charge in [-0.3, -0.25) is 4.79 Å². The number of pyridine rings is 1. The number of nitrogens with one attached hydrogen (secondary N) is 1. The third-order valence-electron chi connectivity index (χ3n) is 4.14. The standard InChI is InChI=1S/C16H19N3O3S/c1-22-13-3-2-9(8-18-13)14(10-6-11(20)7-10)19-16(21)15-12(17)4-5-23-15/h2-5,8,10-11,14,20H,6-7,17H2,1H3,(H,19,21)/t10?,11?,14-/m0/s1. The summed E-state index contributed by atoms with van der Waals surface area (Å²) in [4.78, 5) is 17.2. The Morgan fingerprint density at radius 1 is 1.48 bits per heavy atom. The lowest BCUT2D eigenvalue weighted by Crippen LogP contribution is -2.41. The normalized spacial score (nSPS) is 21.3. The minimum Gasteiger partial charge on any atom is -0.481 e. The molecular weight excluding hydrogens is 314 g/mol. The maximum Gasteiger partial charge on any atom is 0.263 e. The van der Waals surface area contributed by atoms with Gasteiger partial charge in [0.05, 0.1) is 24.9 Å². The molecule has 3 rings (SSSR count). The van der Waals surface area contributed by atoms with Crippen LogP contribution in [0, 0.1) is 5.92 Å². The molecule has 1 amide bonds. The Labute approximate surface area is 138 Å². The van der Waals surface area contributed by atoms with E-state index in [0.717, 1.165) is 5.56 Å². The van der Waals surface area contributed by atoms with Gasteiger partial charge in [-0.25, -0.2) is 4.98 Å². The first kappa shape index (κ1) is 15.8. The number of hydrogen-bond acceptors (Lipinski definition) is 6. The van der Waals surface area contributed by atoms with Crippen molar-refractivity contribution in [2.24, 2.45) is 5.92 Å². The molecule has 2 aromatic heterocycles. The second-order valence-corrected chi connectivity index (χ2v) is 6.59. The molecule has 1 aliphatic rings. The number of carbonyl (C=O) groups is 1. The average molecular weight is 333 g/mol. The SMILES string of the molecule is COc1ccc([C@H](NC(=O)c2sccc2N)C2CC(O)C2)cn1. The first-order chi connectivity index (χ1) is 11.1. The Hall–Kier alpha value is -2.12. The molecule has 6 nitrogen and oxygen atoms in total. The van der Waals surface area contributed by atoms with Crippen LogP contribution < -0.4 is 15.8 Å². The van der Waals surface area contributed by atoms with E-state index in [2.05, 4.69) is 10.3 Å². The van der Waals surface area contributed by atoms with Gasteiger partial charge in [0.2, 0.25) is 5.88 Å². The fourth-order valence-corrected chi connectivity index (χ4v) is 3.50. The van der Waals surface area contributed by atoms with E-state index in [-0.39, 0.29) is 24.0 Å². The predicted molar refractivity (Wildman–Crippen MR) is 88.5 cm³/mol. The Kier molecular flexibility index (Phi) is 4.49. The van der Waals surface area contributed by atoms with Crippen LogP contribution in [0.4, 0.5) is 5.69 Å². The lowest BCUT2D eigenvalue weighted by molar-refractivity contribution is 0.0235. The number of ether oxygens (including phenoxy) is 1. The van der Waals surface area contributed by atoms with E-state index in [1.165, 1.54) is 11.3 Å². The third-order valence-corrected chi connectivity index (χ3v) is 5.07. The van der Waals surface area contributed by atoms with Gasteiger partial charge in [0.25, 0.3) is 5.91 Å². The highest BCUT2D eigenvalue weighted by Gasteiger charge is 2.36. The van der Waals surface area contributed by atoms with Gasteiger partial charge in [-0.15, -0.1) is 11.3 Å². The van der Waals surface area contributed by atoms with E-state index < -0.39 is 0 Å². The molecule has 23 heavy (non-hydrogen) atoms. The number of aromatic nitrogens is 1. The number of aliphatic hydroxyl groups is 1. The minimum absolute atomic E-state index is 0.185. The number of amides is 1. The van der Waals surface area contributed by atoms with Gasteiger partial charge in [-0.2, -0.15) is 0 Å². The van der Waals surface area contributed by atoms with Crippen molar-refractivity contribution in [3.05, 3.63) is 40.2 Å². The number of hydrogen-bond donors (Lipinski definition) is 3. The molecule has 0 radical (unpaired) electrons. The van der Waals surface area contributed by atoms with Crippen LogP contribution >= 0.6 is 11.3 Å². The predicted octanol–water partition coefficient (Wildman–Crippen LogP) is 1.98. The molecule has 2 heterocycles. The summed E-state index contributed by atoms with van der Waals surface area (Å²) in [6.45, 7) is 0. The lowest BCUT2D eigenvalue weighted by atomic mass is 9.75. The minimum atomic E-state index is -0.294. The van der Waals surface area contributed by atoms with Gasteiger partial charge in [-0.05, 0) is 35.8 Å². The Morgan fingerprint density at radius 3 is 2.78 bits per heavy atom. The number of thiophene rings is 1. The Balaban J connectivity index is 1.80. The van der Waals surface area contributed by atoms with Crippen LogP contribution in [0.3, 0.4) is 0 Å². The van der Waals surface area contributed by atoms with Crippen LogP contribution in [-0.4, -0.2) is 29.2 Å². The van der Waals surface area contributed by atoms with Crippen LogP contribution in [0.25, 0.3) is 0 Å². The fraction of sp³-hybridized carbons (Fsp3) is 0.375. The number of aliphatic hydroxyl groups excluding tert-OH is 1. The van der Waals surface area contributed by atoms with E-state index in [0.29, 0.717) is 29.3 Å². The number of anilines is 1. The van der Waals surface area contributed by atoms with Crippen molar-refractivity contribution in [3.63, 3.8) is 0 Å². The van der Waals surface area contributed by atoms with Gasteiger partial charge >= 0.3 is 0 Å². The van der Waals surface area contributed by atoms with E-state index in [9.17, 15) is 9.90 Å². The van der Waals surface area contributed by atoms with Crippen LogP contribution in [0.5, 0.6) is 5.88 Å². The summed E-state index contributed by atoms with van der Waals surface area (Å²) in [5, 5.41) is 14.4. The molecule has 0 saturated heterocycles. The smallest absolute Gasteiger partial charge is 0.263 e. The Morgan fingerprint density at radius 2 is 2.26 bits per heavy atom. The summed E-state index contributed by atoms with van der Waals surface area (Å²) in [6, 6.07) is 5.17. The maximum absolute atomic E-state index is 12.5. The second-order valence-electron chi connectivity index (χ2n) is 5.68. The average Bonchev–Trinajstić information content (AvgIpc) is 2.96. The molecule has 4 N–H and O–H groups in total. The molecule has 1 atom stereocenters.